The summed E-state index contributed by atoms with van der Waals surface area (Å²) in [6.45, 7) is -0.412. The van der Waals surface area contributed by atoms with E-state index in [2.05, 4.69) is 10.6 Å². The summed E-state index contributed by atoms with van der Waals surface area (Å²) in [7, 11) is 0. The van der Waals surface area contributed by atoms with Crippen LogP contribution in [0, 0.1) is 5.82 Å². The first-order valence-corrected chi connectivity index (χ1v) is 9.03. The Balaban J connectivity index is 1.55. The minimum atomic E-state index is -0.523. The van der Waals surface area contributed by atoms with Gasteiger partial charge < -0.3 is 15.4 Å². The van der Waals surface area contributed by atoms with E-state index in [1.165, 1.54) is 30.7 Å². The normalized spacial score (nSPS) is 14.5. The number of amides is 2. The van der Waals surface area contributed by atoms with Crippen LogP contribution in [-0.4, -0.2) is 30.4 Å². The summed E-state index contributed by atoms with van der Waals surface area (Å²) in [4.78, 5) is 35.1. The fourth-order valence-electron chi connectivity index (χ4n) is 2.89. The molecule has 0 radical (unpaired) electrons. The van der Waals surface area contributed by atoms with Gasteiger partial charge in [-0.3, -0.25) is 14.4 Å². The van der Waals surface area contributed by atoms with Gasteiger partial charge in [-0.15, -0.1) is 0 Å². The fourth-order valence-corrected chi connectivity index (χ4v) is 2.89. The van der Waals surface area contributed by atoms with Gasteiger partial charge in [-0.1, -0.05) is 19.3 Å². The standard InChI is InChI=1S/C19H25FN2O4/c20-14-9-11-16(12-10-14)22-18(24)13-26-19(25)8-4-7-17(23)21-15-5-2-1-3-6-15/h9-12,15H,1-8,13H2,(H,21,23)(H,22,24). The molecule has 142 valence electrons. The van der Waals surface area contributed by atoms with Crippen LogP contribution in [0.15, 0.2) is 24.3 Å². The number of anilines is 1. The first-order valence-electron chi connectivity index (χ1n) is 9.03. The summed E-state index contributed by atoms with van der Waals surface area (Å²) in [5, 5.41) is 5.49. The molecule has 1 aliphatic rings. The molecule has 0 bridgehead atoms. The summed E-state index contributed by atoms with van der Waals surface area (Å²) in [6.07, 6.45) is 6.32. The summed E-state index contributed by atoms with van der Waals surface area (Å²) in [5.41, 5.74) is 0.423. The first-order chi connectivity index (χ1) is 12.5. The maximum atomic E-state index is 12.8. The van der Waals surface area contributed by atoms with Gasteiger partial charge >= 0.3 is 5.97 Å². The molecule has 2 rings (SSSR count). The lowest BCUT2D eigenvalue weighted by Gasteiger charge is -2.22. The lowest BCUT2D eigenvalue weighted by Crippen LogP contribution is -2.36. The van der Waals surface area contributed by atoms with Crippen LogP contribution in [0.25, 0.3) is 0 Å². The molecule has 0 saturated heterocycles. The third-order valence-corrected chi connectivity index (χ3v) is 4.25. The van der Waals surface area contributed by atoms with Crippen molar-refractivity contribution in [1.82, 2.24) is 5.32 Å². The Labute approximate surface area is 152 Å². The van der Waals surface area contributed by atoms with Gasteiger partial charge in [-0.25, -0.2) is 4.39 Å². The maximum Gasteiger partial charge on any atom is 0.306 e. The number of hydrogen-bond donors (Lipinski definition) is 2. The Bertz CT molecular complexity index is 612. The predicted octanol–water partition coefficient (Wildman–Crippen LogP) is 2.93. The molecule has 7 heteroatoms. The number of carbonyl (C=O) groups is 3. The topological polar surface area (TPSA) is 84.5 Å². The largest absolute Gasteiger partial charge is 0.456 e. The van der Waals surface area contributed by atoms with Crippen molar-refractivity contribution in [3.8, 4) is 0 Å². The van der Waals surface area contributed by atoms with E-state index in [0.717, 1.165) is 25.7 Å². The van der Waals surface area contributed by atoms with E-state index in [9.17, 15) is 18.8 Å². The molecule has 1 fully saturated rings. The third-order valence-electron chi connectivity index (χ3n) is 4.25. The van der Waals surface area contributed by atoms with Gasteiger partial charge in [0.05, 0.1) is 0 Å². The minimum absolute atomic E-state index is 0.0428. The van der Waals surface area contributed by atoms with Gasteiger partial charge in [-0.2, -0.15) is 0 Å². The molecule has 1 aromatic carbocycles. The van der Waals surface area contributed by atoms with Crippen LogP contribution in [0.5, 0.6) is 0 Å². The maximum absolute atomic E-state index is 12.8. The Morgan fingerprint density at radius 3 is 2.38 bits per heavy atom. The Morgan fingerprint density at radius 2 is 1.69 bits per heavy atom. The van der Waals surface area contributed by atoms with Crippen LogP contribution in [-0.2, 0) is 19.1 Å². The second-order valence-corrected chi connectivity index (χ2v) is 6.47. The number of hydrogen-bond acceptors (Lipinski definition) is 4. The van der Waals surface area contributed by atoms with Crippen LogP contribution in [0.2, 0.25) is 0 Å². The zero-order valence-electron chi connectivity index (χ0n) is 14.8. The molecule has 1 aliphatic carbocycles. The minimum Gasteiger partial charge on any atom is -0.456 e. The van der Waals surface area contributed by atoms with Gasteiger partial charge in [0.15, 0.2) is 6.61 Å². The second-order valence-electron chi connectivity index (χ2n) is 6.47. The van der Waals surface area contributed by atoms with E-state index in [-0.39, 0.29) is 24.8 Å². The van der Waals surface area contributed by atoms with Gasteiger partial charge in [0.25, 0.3) is 5.91 Å². The Kier molecular flexibility index (Phi) is 8.05. The third kappa shape index (κ3) is 7.63. The van der Waals surface area contributed by atoms with Crippen molar-refractivity contribution < 1.29 is 23.5 Å². The van der Waals surface area contributed by atoms with E-state index < -0.39 is 24.3 Å². The monoisotopic (exact) mass is 364 g/mol. The molecule has 2 amide bonds. The zero-order valence-corrected chi connectivity index (χ0v) is 14.8. The lowest BCUT2D eigenvalue weighted by molar-refractivity contribution is -0.147. The van der Waals surface area contributed by atoms with Crippen LogP contribution >= 0.6 is 0 Å². The smallest absolute Gasteiger partial charge is 0.306 e. The van der Waals surface area contributed by atoms with Gasteiger partial charge in [-0.05, 0) is 43.5 Å². The van der Waals surface area contributed by atoms with E-state index in [1.807, 2.05) is 0 Å². The molecule has 1 saturated carbocycles. The highest BCUT2D eigenvalue weighted by molar-refractivity contribution is 5.92. The molecule has 6 nitrogen and oxygen atoms in total. The molecule has 26 heavy (non-hydrogen) atoms. The highest BCUT2D eigenvalue weighted by Gasteiger charge is 2.16. The summed E-state index contributed by atoms with van der Waals surface area (Å²) < 4.78 is 17.6. The van der Waals surface area contributed by atoms with Crippen molar-refractivity contribution in [3.63, 3.8) is 0 Å². The van der Waals surface area contributed by atoms with Crippen molar-refractivity contribution in [2.24, 2.45) is 0 Å². The zero-order chi connectivity index (χ0) is 18.8. The predicted molar refractivity (Wildman–Crippen MR) is 94.9 cm³/mol. The number of ether oxygens (including phenoxy) is 1. The Morgan fingerprint density at radius 1 is 1.00 bits per heavy atom. The summed E-state index contributed by atoms with van der Waals surface area (Å²) in [6, 6.07) is 5.54. The average Bonchev–Trinajstić information content (AvgIpc) is 2.63. The quantitative estimate of drug-likeness (QED) is 0.695. The van der Waals surface area contributed by atoms with Gasteiger partial charge in [0, 0.05) is 24.6 Å². The highest BCUT2D eigenvalue weighted by Crippen LogP contribution is 2.17. The SMILES string of the molecule is O=C(COC(=O)CCCC(=O)NC1CCCCC1)Nc1ccc(F)cc1. The number of halogens is 1. The number of nitrogens with one attached hydrogen (secondary N) is 2. The van der Waals surface area contributed by atoms with Crippen LogP contribution < -0.4 is 10.6 Å². The van der Waals surface area contributed by atoms with E-state index in [1.54, 1.807) is 0 Å². The van der Waals surface area contributed by atoms with Gasteiger partial charge in [0.2, 0.25) is 5.91 Å². The number of rotatable bonds is 8. The summed E-state index contributed by atoms with van der Waals surface area (Å²) in [5.74, 6) is -1.47. The number of esters is 1. The van der Waals surface area contributed by atoms with E-state index in [4.69, 9.17) is 4.74 Å². The van der Waals surface area contributed by atoms with Crippen LogP contribution in [0.3, 0.4) is 0 Å². The van der Waals surface area contributed by atoms with Crippen molar-refractivity contribution in [1.29, 1.82) is 0 Å². The first kappa shape index (κ1) is 19.9. The Hall–Kier alpha value is -2.44. The molecular weight excluding hydrogens is 339 g/mol. The second kappa shape index (κ2) is 10.5. The van der Waals surface area contributed by atoms with Crippen LogP contribution in [0.1, 0.15) is 51.4 Å². The fraction of sp³-hybridized carbons (Fsp3) is 0.526. The summed E-state index contributed by atoms with van der Waals surface area (Å²) >= 11 is 0. The highest BCUT2D eigenvalue weighted by atomic mass is 19.1. The molecule has 0 aromatic heterocycles. The van der Waals surface area contributed by atoms with Crippen molar-refractivity contribution in [2.45, 2.75) is 57.4 Å². The van der Waals surface area contributed by atoms with Crippen molar-refractivity contribution in [3.05, 3.63) is 30.1 Å². The van der Waals surface area contributed by atoms with Crippen molar-refractivity contribution >= 4 is 23.5 Å². The molecule has 0 spiro atoms. The molecule has 0 aliphatic heterocycles. The average molecular weight is 364 g/mol. The van der Waals surface area contributed by atoms with Gasteiger partial charge in [0.1, 0.15) is 5.82 Å². The number of benzene rings is 1. The lowest BCUT2D eigenvalue weighted by atomic mass is 9.95. The van der Waals surface area contributed by atoms with Crippen molar-refractivity contribution in [2.75, 3.05) is 11.9 Å². The van der Waals surface area contributed by atoms with Crippen LogP contribution in [0.4, 0.5) is 10.1 Å². The van der Waals surface area contributed by atoms with E-state index in [0.29, 0.717) is 12.1 Å². The molecule has 0 heterocycles. The van der Waals surface area contributed by atoms with E-state index >= 15 is 0 Å². The molecule has 1 aromatic rings. The number of carbonyl (C=O) groups excluding carboxylic acids is 3. The molecule has 2 N–H and O–H groups in total. The molecule has 0 unspecified atom stereocenters. The molecule has 0 atom stereocenters. The molecular formula is C19H25FN2O4.